The third-order valence-corrected chi connectivity index (χ3v) is 7.11. The molecular formula is C21H28N2O2. The predicted molar refractivity (Wildman–Crippen MR) is 97.4 cm³/mol. The molecule has 1 aromatic rings. The second kappa shape index (κ2) is 5.73. The van der Waals surface area contributed by atoms with E-state index in [4.69, 9.17) is 0 Å². The molecule has 134 valence electrons. The van der Waals surface area contributed by atoms with Crippen LogP contribution in [-0.4, -0.2) is 35.7 Å². The molecule has 2 atom stereocenters. The molecule has 5 aliphatic rings. The van der Waals surface area contributed by atoms with Crippen molar-refractivity contribution >= 4 is 11.6 Å². The molecule has 1 aromatic carbocycles. The summed E-state index contributed by atoms with van der Waals surface area (Å²) in [6.45, 7) is 1.42. The molecule has 4 bridgehead atoms. The Morgan fingerprint density at radius 1 is 1.20 bits per heavy atom. The van der Waals surface area contributed by atoms with E-state index in [9.17, 15) is 9.90 Å². The van der Waals surface area contributed by atoms with Crippen LogP contribution in [0.5, 0.6) is 0 Å². The predicted octanol–water partition coefficient (Wildman–Crippen LogP) is 2.50. The van der Waals surface area contributed by atoms with E-state index >= 15 is 0 Å². The van der Waals surface area contributed by atoms with Gasteiger partial charge in [0.05, 0.1) is 12.1 Å². The molecule has 0 radical (unpaired) electrons. The number of aliphatic hydroxyl groups is 1. The first-order valence-electron chi connectivity index (χ1n) is 9.94. The van der Waals surface area contributed by atoms with Gasteiger partial charge in [-0.2, -0.15) is 0 Å². The molecule has 25 heavy (non-hydrogen) atoms. The molecule has 1 aliphatic heterocycles. The normalized spacial score (nSPS) is 38.5. The zero-order valence-corrected chi connectivity index (χ0v) is 14.8. The third kappa shape index (κ3) is 2.75. The van der Waals surface area contributed by atoms with Gasteiger partial charge in [-0.3, -0.25) is 4.79 Å². The van der Waals surface area contributed by atoms with Gasteiger partial charge in [0, 0.05) is 18.3 Å². The summed E-state index contributed by atoms with van der Waals surface area (Å²) in [6, 6.07) is 8.75. The summed E-state index contributed by atoms with van der Waals surface area (Å²) in [4.78, 5) is 15.0. The van der Waals surface area contributed by atoms with E-state index in [1.54, 1.807) is 0 Å². The van der Waals surface area contributed by atoms with Gasteiger partial charge >= 0.3 is 0 Å². The zero-order chi connectivity index (χ0) is 17.0. The number of para-hydroxylation sites is 1. The van der Waals surface area contributed by atoms with Crippen LogP contribution in [0, 0.1) is 17.8 Å². The van der Waals surface area contributed by atoms with Crippen LogP contribution >= 0.6 is 0 Å². The molecule has 1 amide bonds. The van der Waals surface area contributed by atoms with E-state index in [0.717, 1.165) is 38.6 Å². The molecule has 4 aliphatic carbocycles. The molecule has 2 unspecified atom stereocenters. The number of aryl methyl sites for hydroxylation is 1. The van der Waals surface area contributed by atoms with Crippen molar-refractivity contribution in [3.05, 3.63) is 29.8 Å². The summed E-state index contributed by atoms with van der Waals surface area (Å²) < 4.78 is 0. The Bertz CT molecular complexity index is 672. The fraction of sp³-hybridized carbons (Fsp3) is 0.667. The van der Waals surface area contributed by atoms with Crippen molar-refractivity contribution in [1.29, 1.82) is 0 Å². The Kier molecular flexibility index (Phi) is 3.60. The van der Waals surface area contributed by atoms with Crippen LogP contribution in [0.2, 0.25) is 0 Å². The van der Waals surface area contributed by atoms with Crippen LogP contribution in [0.4, 0.5) is 5.69 Å². The summed E-state index contributed by atoms with van der Waals surface area (Å²) in [6.07, 6.45) is 7.38. The third-order valence-electron chi connectivity index (χ3n) is 7.11. The maximum absolute atomic E-state index is 12.8. The van der Waals surface area contributed by atoms with Gasteiger partial charge < -0.3 is 15.3 Å². The van der Waals surface area contributed by atoms with Gasteiger partial charge in [0.25, 0.3) is 0 Å². The van der Waals surface area contributed by atoms with Gasteiger partial charge in [0.2, 0.25) is 5.91 Å². The molecule has 6 rings (SSSR count). The van der Waals surface area contributed by atoms with Crippen molar-refractivity contribution in [1.82, 2.24) is 5.32 Å². The summed E-state index contributed by atoms with van der Waals surface area (Å²) >= 11 is 0. The van der Waals surface area contributed by atoms with Crippen LogP contribution in [-0.2, 0) is 11.2 Å². The Hall–Kier alpha value is -1.55. The standard InChI is InChI=1S/C21H28N2O2/c24-19(13-23-7-3-5-15-4-1-2-6-18(15)23)22-20-16-8-14-9-17(20)12-21(25,10-14)11-16/h1-2,4,6,14,16-17,20,25H,3,5,7-13H2,(H,22,24). The van der Waals surface area contributed by atoms with Crippen LogP contribution in [0.1, 0.15) is 44.1 Å². The minimum atomic E-state index is -0.427. The largest absolute Gasteiger partial charge is 0.390 e. The monoisotopic (exact) mass is 340 g/mol. The Morgan fingerprint density at radius 2 is 1.96 bits per heavy atom. The number of hydrogen-bond donors (Lipinski definition) is 2. The molecule has 0 spiro atoms. The smallest absolute Gasteiger partial charge is 0.239 e. The molecular weight excluding hydrogens is 312 g/mol. The minimum absolute atomic E-state index is 0.154. The zero-order valence-electron chi connectivity index (χ0n) is 14.8. The van der Waals surface area contributed by atoms with E-state index < -0.39 is 5.60 Å². The van der Waals surface area contributed by atoms with Crippen molar-refractivity contribution in [2.24, 2.45) is 17.8 Å². The Morgan fingerprint density at radius 3 is 2.72 bits per heavy atom. The highest BCUT2D eigenvalue weighted by Gasteiger charge is 2.55. The summed E-state index contributed by atoms with van der Waals surface area (Å²) in [5.41, 5.74) is 2.16. The Labute approximate surface area is 149 Å². The number of rotatable bonds is 3. The number of nitrogens with one attached hydrogen (secondary N) is 1. The molecule has 0 saturated heterocycles. The van der Waals surface area contributed by atoms with E-state index in [0.29, 0.717) is 24.3 Å². The van der Waals surface area contributed by atoms with Gasteiger partial charge in [-0.15, -0.1) is 0 Å². The van der Waals surface area contributed by atoms with E-state index in [2.05, 4.69) is 34.5 Å². The highest BCUT2D eigenvalue weighted by molar-refractivity contribution is 5.82. The van der Waals surface area contributed by atoms with Crippen LogP contribution in [0.25, 0.3) is 0 Å². The van der Waals surface area contributed by atoms with Crippen LogP contribution < -0.4 is 10.2 Å². The van der Waals surface area contributed by atoms with Crippen molar-refractivity contribution in [2.75, 3.05) is 18.0 Å². The van der Waals surface area contributed by atoms with Crippen molar-refractivity contribution in [3.63, 3.8) is 0 Å². The lowest BCUT2D eigenvalue weighted by atomic mass is 9.52. The number of carbonyl (C=O) groups excluding carboxylic acids is 1. The number of amides is 1. The lowest BCUT2D eigenvalue weighted by Crippen LogP contribution is -2.62. The number of carbonyl (C=O) groups is 1. The first-order chi connectivity index (χ1) is 12.1. The Balaban J connectivity index is 1.26. The molecule has 4 heteroatoms. The summed E-state index contributed by atoms with van der Waals surface area (Å²) in [5.74, 6) is 1.80. The minimum Gasteiger partial charge on any atom is -0.390 e. The molecule has 4 fully saturated rings. The van der Waals surface area contributed by atoms with Gasteiger partial charge in [-0.1, -0.05) is 18.2 Å². The number of nitrogens with zero attached hydrogens (tertiary/aromatic N) is 1. The second-order valence-electron chi connectivity index (χ2n) is 8.94. The van der Waals surface area contributed by atoms with E-state index in [1.165, 1.54) is 24.1 Å². The van der Waals surface area contributed by atoms with Crippen molar-refractivity contribution in [2.45, 2.75) is 56.6 Å². The lowest BCUT2D eigenvalue weighted by Gasteiger charge is -2.58. The van der Waals surface area contributed by atoms with Gasteiger partial charge in [-0.05, 0) is 74.3 Å². The fourth-order valence-electron chi connectivity index (χ4n) is 6.40. The molecule has 4 saturated carbocycles. The van der Waals surface area contributed by atoms with Gasteiger partial charge in [-0.25, -0.2) is 0 Å². The number of fused-ring (bicyclic) bond motifs is 1. The molecule has 2 N–H and O–H groups in total. The fourth-order valence-corrected chi connectivity index (χ4v) is 6.40. The maximum Gasteiger partial charge on any atom is 0.239 e. The summed E-state index contributed by atoms with van der Waals surface area (Å²) in [5, 5.41) is 14.1. The van der Waals surface area contributed by atoms with E-state index in [-0.39, 0.29) is 11.9 Å². The number of hydrogen-bond acceptors (Lipinski definition) is 3. The first-order valence-corrected chi connectivity index (χ1v) is 9.94. The first kappa shape index (κ1) is 15.7. The summed E-state index contributed by atoms with van der Waals surface area (Å²) in [7, 11) is 0. The van der Waals surface area contributed by atoms with Crippen molar-refractivity contribution < 1.29 is 9.90 Å². The van der Waals surface area contributed by atoms with Crippen LogP contribution in [0.3, 0.4) is 0 Å². The average Bonchev–Trinajstić information content (AvgIpc) is 2.57. The second-order valence-corrected chi connectivity index (χ2v) is 8.94. The maximum atomic E-state index is 12.8. The quantitative estimate of drug-likeness (QED) is 0.889. The SMILES string of the molecule is O=C(CN1CCCc2ccccc21)NC1C2CC3CC1CC(O)(C3)C2. The topological polar surface area (TPSA) is 52.6 Å². The lowest BCUT2D eigenvalue weighted by molar-refractivity contribution is -0.146. The molecule has 0 aromatic heterocycles. The van der Waals surface area contributed by atoms with E-state index in [1.807, 2.05) is 0 Å². The van der Waals surface area contributed by atoms with Gasteiger partial charge in [0.15, 0.2) is 0 Å². The highest BCUT2D eigenvalue weighted by Crippen LogP contribution is 2.55. The van der Waals surface area contributed by atoms with Crippen LogP contribution in [0.15, 0.2) is 24.3 Å². The van der Waals surface area contributed by atoms with Crippen molar-refractivity contribution in [3.8, 4) is 0 Å². The average molecular weight is 340 g/mol. The highest BCUT2D eigenvalue weighted by atomic mass is 16.3. The number of anilines is 1. The molecule has 4 nitrogen and oxygen atoms in total. The molecule has 1 heterocycles. The van der Waals surface area contributed by atoms with Gasteiger partial charge in [0.1, 0.15) is 0 Å². The number of benzene rings is 1.